The van der Waals surface area contributed by atoms with Gasteiger partial charge in [0, 0.05) is 25.3 Å². The summed E-state index contributed by atoms with van der Waals surface area (Å²) in [6, 6.07) is 3.62. The summed E-state index contributed by atoms with van der Waals surface area (Å²) in [4.78, 5) is 35.9. The summed E-state index contributed by atoms with van der Waals surface area (Å²) in [5, 5.41) is 4.35. The molecule has 0 unspecified atom stereocenters. The van der Waals surface area contributed by atoms with E-state index in [2.05, 4.69) is 15.3 Å². The molecular formula is C21H24ClN5O3S. The highest BCUT2D eigenvalue weighted by Crippen LogP contribution is 2.27. The predicted octanol–water partition coefficient (Wildman–Crippen LogP) is 4.24. The summed E-state index contributed by atoms with van der Waals surface area (Å²) in [5.74, 6) is -0.161. The van der Waals surface area contributed by atoms with E-state index in [1.54, 1.807) is 29.6 Å². The van der Waals surface area contributed by atoms with E-state index in [0.717, 1.165) is 11.3 Å². The molecule has 2 amide bonds. The molecule has 0 radical (unpaired) electrons. The van der Waals surface area contributed by atoms with Crippen LogP contribution in [0.2, 0.25) is 5.02 Å². The number of hydrogen-bond acceptors (Lipinski definition) is 6. The molecular weight excluding hydrogens is 438 g/mol. The lowest BCUT2D eigenvalue weighted by Crippen LogP contribution is -2.47. The number of imidazole rings is 1. The van der Waals surface area contributed by atoms with Crippen molar-refractivity contribution >= 4 is 40.6 Å². The summed E-state index contributed by atoms with van der Waals surface area (Å²) < 4.78 is 7.27. The molecule has 1 aliphatic heterocycles. The maximum Gasteiger partial charge on any atom is 0.410 e. The smallest absolute Gasteiger partial charge is 0.410 e. The van der Waals surface area contributed by atoms with Gasteiger partial charge in [0.05, 0.1) is 17.4 Å². The number of pyridine rings is 1. The van der Waals surface area contributed by atoms with Gasteiger partial charge in [-0.2, -0.15) is 0 Å². The fraction of sp³-hybridized carbons (Fsp3) is 0.429. The van der Waals surface area contributed by atoms with Gasteiger partial charge >= 0.3 is 6.09 Å². The van der Waals surface area contributed by atoms with Crippen LogP contribution in [0.1, 0.15) is 43.3 Å². The lowest BCUT2D eigenvalue weighted by Gasteiger charge is -2.33. The van der Waals surface area contributed by atoms with Crippen molar-refractivity contribution in [3.05, 3.63) is 40.6 Å². The number of hydrogen-bond donors (Lipinski definition) is 1. The summed E-state index contributed by atoms with van der Waals surface area (Å²) in [6.07, 6.45) is 6.13. The van der Waals surface area contributed by atoms with E-state index in [9.17, 15) is 9.59 Å². The molecule has 0 spiro atoms. The van der Waals surface area contributed by atoms with Gasteiger partial charge in [0.15, 0.2) is 0 Å². The Hall–Kier alpha value is -2.65. The molecule has 0 atom stereocenters. The second kappa shape index (κ2) is 8.47. The highest BCUT2D eigenvalue weighted by molar-refractivity contribution is 7.16. The summed E-state index contributed by atoms with van der Waals surface area (Å²) in [5.41, 5.74) is 1.03. The van der Waals surface area contributed by atoms with Crippen molar-refractivity contribution in [2.75, 3.05) is 13.1 Å². The number of ether oxygens (including phenoxy) is 1. The number of carbonyl (C=O) groups excluding carboxylic acids is 2. The van der Waals surface area contributed by atoms with Gasteiger partial charge in [0.2, 0.25) is 0 Å². The number of amides is 2. The molecule has 0 aliphatic carbocycles. The molecule has 1 N–H and O–H groups in total. The SMILES string of the molecule is CC(C)(C)OC(=O)N1CCC(NC(=O)c2cnc(-c3cnc4ccc(Cl)cn34)s2)CC1. The summed E-state index contributed by atoms with van der Waals surface area (Å²) >= 11 is 7.41. The van der Waals surface area contributed by atoms with E-state index in [-0.39, 0.29) is 18.0 Å². The van der Waals surface area contributed by atoms with Gasteiger partial charge in [-0.15, -0.1) is 11.3 Å². The second-order valence-corrected chi connectivity index (χ2v) is 9.93. The number of likely N-dealkylation sites (tertiary alicyclic amines) is 1. The van der Waals surface area contributed by atoms with Crippen LogP contribution in [0.4, 0.5) is 4.79 Å². The quantitative estimate of drug-likeness (QED) is 0.630. The number of carbonyl (C=O) groups is 2. The average Bonchev–Trinajstić information content (AvgIpc) is 3.33. The van der Waals surface area contributed by atoms with Crippen molar-refractivity contribution in [1.29, 1.82) is 0 Å². The highest BCUT2D eigenvalue weighted by atomic mass is 35.5. The van der Waals surface area contributed by atoms with Gasteiger partial charge in [0.1, 0.15) is 26.8 Å². The monoisotopic (exact) mass is 461 g/mol. The highest BCUT2D eigenvalue weighted by Gasteiger charge is 2.28. The first-order valence-electron chi connectivity index (χ1n) is 10.1. The Kier molecular flexibility index (Phi) is 5.90. The van der Waals surface area contributed by atoms with Crippen molar-refractivity contribution in [3.63, 3.8) is 0 Å². The number of nitrogens with one attached hydrogen (secondary N) is 1. The first kappa shape index (κ1) is 21.6. The van der Waals surface area contributed by atoms with Crippen LogP contribution in [0.15, 0.2) is 30.7 Å². The van der Waals surface area contributed by atoms with Gasteiger partial charge in [-0.3, -0.25) is 9.20 Å². The second-order valence-electron chi connectivity index (χ2n) is 8.46. The fourth-order valence-electron chi connectivity index (χ4n) is 3.40. The van der Waals surface area contributed by atoms with Crippen molar-refractivity contribution in [2.45, 2.75) is 45.3 Å². The van der Waals surface area contributed by atoms with Crippen LogP contribution in [0.3, 0.4) is 0 Å². The predicted molar refractivity (Wildman–Crippen MR) is 120 cm³/mol. The van der Waals surface area contributed by atoms with E-state index in [4.69, 9.17) is 16.3 Å². The van der Waals surface area contributed by atoms with E-state index in [1.807, 2.05) is 31.2 Å². The Bertz CT molecular complexity index is 1110. The Labute approximate surface area is 189 Å². The van der Waals surface area contributed by atoms with Crippen molar-refractivity contribution < 1.29 is 14.3 Å². The maximum absolute atomic E-state index is 12.7. The first-order chi connectivity index (χ1) is 14.7. The lowest BCUT2D eigenvalue weighted by atomic mass is 10.1. The minimum absolute atomic E-state index is 0.00587. The zero-order valence-corrected chi connectivity index (χ0v) is 19.2. The van der Waals surface area contributed by atoms with Gasteiger partial charge in [-0.1, -0.05) is 11.6 Å². The molecule has 3 aromatic heterocycles. The molecule has 1 saturated heterocycles. The van der Waals surface area contributed by atoms with Gasteiger partial charge in [0.25, 0.3) is 5.91 Å². The minimum Gasteiger partial charge on any atom is -0.444 e. The number of rotatable bonds is 3. The number of aromatic nitrogens is 3. The summed E-state index contributed by atoms with van der Waals surface area (Å²) in [7, 11) is 0. The first-order valence-corrected chi connectivity index (χ1v) is 11.3. The van der Waals surface area contributed by atoms with Crippen LogP contribution in [0, 0.1) is 0 Å². The van der Waals surface area contributed by atoms with Crippen LogP contribution >= 0.6 is 22.9 Å². The number of thiazole rings is 1. The molecule has 0 aromatic carbocycles. The molecule has 8 nitrogen and oxygen atoms in total. The van der Waals surface area contributed by atoms with Crippen LogP contribution in [-0.2, 0) is 4.74 Å². The topological polar surface area (TPSA) is 88.8 Å². The van der Waals surface area contributed by atoms with Gasteiger partial charge in [-0.05, 0) is 45.7 Å². The Morgan fingerprint density at radius 1 is 1.19 bits per heavy atom. The number of piperidine rings is 1. The lowest BCUT2D eigenvalue weighted by molar-refractivity contribution is 0.0200. The molecule has 0 bridgehead atoms. The molecule has 10 heteroatoms. The van der Waals surface area contributed by atoms with Crippen molar-refractivity contribution in [3.8, 4) is 10.7 Å². The number of nitrogens with zero attached hydrogens (tertiary/aromatic N) is 4. The fourth-order valence-corrected chi connectivity index (χ4v) is 4.39. The van der Waals surface area contributed by atoms with Gasteiger partial charge < -0.3 is 15.0 Å². The standard InChI is InChI=1S/C21H24ClN5O3S/c1-21(2,3)30-20(29)26-8-6-14(7-9-26)25-18(28)16-11-24-19(31-16)15-10-23-17-5-4-13(22)12-27(15)17/h4-5,10-12,14H,6-9H2,1-3H3,(H,25,28). The molecule has 1 aliphatic rings. The van der Waals surface area contributed by atoms with E-state index in [1.165, 1.54) is 11.3 Å². The molecule has 31 heavy (non-hydrogen) atoms. The van der Waals surface area contributed by atoms with Crippen LogP contribution < -0.4 is 5.32 Å². The van der Waals surface area contributed by atoms with Crippen LogP contribution in [0.25, 0.3) is 16.3 Å². The molecule has 0 saturated carbocycles. The average molecular weight is 462 g/mol. The largest absolute Gasteiger partial charge is 0.444 e. The maximum atomic E-state index is 12.7. The third-order valence-electron chi connectivity index (χ3n) is 4.90. The zero-order chi connectivity index (χ0) is 22.2. The Morgan fingerprint density at radius 2 is 1.94 bits per heavy atom. The molecule has 4 heterocycles. The molecule has 164 valence electrons. The van der Waals surface area contributed by atoms with Crippen LogP contribution in [0.5, 0.6) is 0 Å². The number of fused-ring (bicyclic) bond motifs is 1. The third kappa shape index (κ3) is 4.99. The normalized spacial score (nSPS) is 15.3. The number of halogens is 1. The Morgan fingerprint density at radius 3 is 2.65 bits per heavy atom. The van der Waals surface area contributed by atoms with E-state index >= 15 is 0 Å². The van der Waals surface area contributed by atoms with Crippen molar-refractivity contribution in [2.24, 2.45) is 0 Å². The third-order valence-corrected chi connectivity index (χ3v) is 6.14. The molecule has 4 rings (SSSR count). The zero-order valence-electron chi connectivity index (χ0n) is 17.6. The van der Waals surface area contributed by atoms with Crippen molar-refractivity contribution in [1.82, 2.24) is 24.6 Å². The minimum atomic E-state index is -0.516. The molecule has 3 aromatic rings. The van der Waals surface area contributed by atoms with E-state index in [0.29, 0.717) is 40.8 Å². The summed E-state index contributed by atoms with van der Waals surface area (Å²) in [6.45, 7) is 6.65. The molecule has 1 fully saturated rings. The van der Waals surface area contributed by atoms with E-state index < -0.39 is 5.60 Å². The Balaban J connectivity index is 1.37. The van der Waals surface area contributed by atoms with Crippen LogP contribution in [-0.4, -0.2) is 56.0 Å². The van der Waals surface area contributed by atoms with Gasteiger partial charge in [-0.25, -0.2) is 14.8 Å².